The summed E-state index contributed by atoms with van der Waals surface area (Å²) in [6, 6.07) is 4.02. The SMILES string of the molecule is Cc1cc(Br)cc(NC(=O)N[C@H](C(=O)O)C(C)C)c1. The molecule has 19 heavy (non-hydrogen) atoms. The van der Waals surface area contributed by atoms with E-state index in [9.17, 15) is 9.59 Å². The lowest BCUT2D eigenvalue weighted by molar-refractivity contribution is -0.140. The first-order chi connectivity index (χ1) is 8.79. The number of carboxylic acid groups (broad SMARTS) is 1. The van der Waals surface area contributed by atoms with Gasteiger partial charge in [-0.05, 0) is 36.6 Å². The average molecular weight is 329 g/mol. The molecule has 3 N–H and O–H groups in total. The van der Waals surface area contributed by atoms with Crippen LogP contribution in [-0.2, 0) is 4.79 Å². The first kappa shape index (κ1) is 15.5. The minimum atomic E-state index is -1.05. The van der Waals surface area contributed by atoms with Crippen LogP contribution in [0.25, 0.3) is 0 Å². The van der Waals surface area contributed by atoms with Crippen LogP contribution in [0.2, 0.25) is 0 Å². The number of carboxylic acids is 1. The highest BCUT2D eigenvalue weighted by molar-refractivity contribution is 9.10. The zero-order valence-corrected chi connectivity index (χ0v) is 12.6. The molecule has 1 rings (SSSR count). The number of hydrogen-bond donors (Lipinski definition) is 3. The van der Waals surface area contributed by atoms with E-state index < -0.39 is 18.0 Å². The van der Waals surface area contributed by atoms with Crippen molar-refractivity contribution in [2.24, 2.45) is 5.92 Å². The van der Waals surface area contributed by atoms with Gasteiger partial charge in [0.05, 0.1) is 0 Å². The monoisotopic (exact) mass is 328 g/mol. The largest absolute Gasteiger partial charge is 0.480 e. The molecule has 0 aliphatic heterocycles. The molecule has 6 heteroatoms. The van der Waals surface area contributed by atoms with Crippen LogP contribution in [0.5, 0.6) is 0 Å². The molecule has 0 aromatic heterocycles. The summed E-state index contributed by atoms with van der Waals surface area (Å²) < 4.78 is 0.849. The standard InChI is InChI=1S/C13H17BrN2O3/c1-7(2)11(12(17)18)16-13(19)15-10-5-8(3)4-9(14)6-10/h4-7,11H,1-3H3,(H,17,18)(H2,15,16,19)/t11-/m0/s1. The second kappa shape index (κ2) is 6.56. The van der Waals surface area contributed by atoms with Gasteiger partial charge < -0.3 is 15.7 Å². The minimum Gasteiger partial charge on any atom is -0.480 e. The minimum absolute atomic E-state index is 0.188. The molecule has 104 valence electrons. The van der Waals surface area contributed by atoms with Gasteiger partial charge in [-0.1, -0.05) is 29.8 Å². The van der Waals surface area contributed by atoms with E-state index in [1.807, 2.05) is 13.0 Å². The lowest BCUT2D eigenvalue weighted by Crippen LogP contribution is -2.46. The van der Waals surface area contributed by atoms with Crippen LogP contribution in [0.4, 0.5) is 10.5 Å². The summed E-state index contributed by atoms with van der Waals surface area (Å²) >= 11 is 3.33. The number of carbonyl (C=O) groups excluding carboxylic acids is 1. The molecule has 0 fully saturated rings. The van der Waals surface area contributed by atoms with Crippen LogP contribution in [0.3, 0.4) is 0 Å². The molecule has 1 aromatic carbocycles. The molecule has 0 radical (unpaired) electrons. The van der Waals surface area contributed by atoms with Gasteiger partial charge in [-0.3, -0.25) is 0 Å². The van der Waals surface area contributed by atoms with Gasteiger partial charge in [0.15, 0.2) is 0 Å². The third-order valence-electron chi connectivity index (χ3n) is 2.52. The Morgan fingerprint density at radius 2 is 1.89 bits per heavy atom. The van der Waals surface area contributed by atoms with Crippen molar-refractivity contribution in [1.29, 1.82) is 0 Å². The van der Waals surface area contributed by atoms with Gasteiger partial charge in [0, 0.05) is 10.2 Å². The fourth-order valence-corrected chi connectivity index (χ4v) is 2.24. The molecule has 1 atom stereocenters. The molecule has 0 saturated carbocycles. The lowest BCUT2D eigenvalue weighted by atomic mass is 10.1. The summed E-state index contributed by atoms with van der Waals surface area (Å²) in [5.41, 5.74) is 1.60. The van der Waals surface area contributed by atoms with Crippen LogP contribution in [0.1, 0.15) is 19.4 Å². The van der Waals surface area contributed by atoms with E-state index in [1.165, 1.54) is 0 Å². The van der Waals surface area contributed by atoms with Crippen LogP contribution in [0, 0.1) is 12.8 Å². The van der Waals surface area contributed by atoms with E-state index in [1.54, 1.807) is 26.0 Å². The molecular weight excluding hydrogens is 312 g/mol. The van der Waals surface area contributed by atoms with Gasteiger partial charge in [-0.15, -0.1) is 0 Å². The van der Waals surface area contributed by atoms with Crippen molar-refractivity contribution in [2.45, 2.75) is 26.8 Å². The quantitative estimate of drug-likeness (QED) is 0.795. The molecule has 0 aliphatic carbocycles. The Kier molecular flexibility index (Phi) is 5.35. The number of benzene rings is 1. The number of nitrogens with one attached hydrogen (secondary N) is 2. The molecule has 0 unspecified atom stereocenters. The van der Waals surface area contributed by atoms with Gasteiger partial charge in [-0.25, -0.2) is 9.59 Å². The maximum Gasteiger partial charge on any atom is 0.326 e. The topological polar surface area (TPSA) is 78.4 Å². The normalized spacial score (nSPS) is 12.1. The van der Waals surface area contributed by atoms with Gasteiger partial charge in [0.1, 0.15) is 6.04 Å². The Labute approximate surface area is 120 Å². The predicted molar refractivity (Wildman–Crippen MR) is 77.3 cm³/mol. The molecule has 0 spiro atoms. The zero-order valence-electron chi connectivity index (χ0n) is 11.0. The summed E-state index contributed by atoms with van der Waals surface area (Å²) in [5.74, 6) is -1.23. The Bertz CT molecular complexity index is 469. The average Bonchev–Trinajstić information content (AvgIpc) is 2.23. The van der Waals surface area contributed by atoms with Crippen molar-refractivity contribution < 1.29 is 14.7 Å². The highest BCUT2D eigenvalue weighted by atomic mass is 79.9. The predicted octanol–water partition coefficient (Wildman–Crippen LogP) is 2.99. The molecule has 0 aliphatic rings. The molecule has 0 bridgehead atoms. The van der Waals surface area contributed by atoms with Gasteiger partial charge in [-0.2, -0.15) is 0 Å². The zero-order chi connectivity index (χ0) is 14.6. The van der Waals surface area contributed by atoms with Gasteiger partial charge in [0.2, 0.25) is 0 Å². The number of carbonyl (C=O) groups is 2. The van der Waals surface area contributed by atoms with Crippen molar-refractivity contribution in [2.75, 3.05) is 5.32 Å². The number of hydrogen-bond acceptors (Lipinski definition) is 2. The van der Waals surface area contributed by atoms with Crippen molar-refractivity contribution in [3.8, 4) is 0 Å². The Morgan fingerprint density at radius 3 is 2.37 bits per heavy atom. The van der Waals surface area contributed by atoms with Crippen LogP contribution in [0.15, 0.2) is 22.7 Å². The van der Waals surface area contributed by atoms with E-state index >= 15 is 0 Å². The molecule has 1 aromatic rings. The number of aliphatic carboxylic acids is 1. The number of aryl methyl sites for hydroxylation is 1. The third-order valence-corrected chi connectivity index (χ3v) is 2.98. The number of amides is 2. The molecule has 0 saturated heterocycles. The first-order valence-electron chi connectivity index (χ1n) is 5.87. The van der Waals surface area contributed by atoms with Crippen molar-refractivity contribution in [1.82, 2.24) is 5.32 Å². The molecule has 5 nitrogen and oxygen atoms in total. The molecular formula is C13H17BrN2O3. The number of halogens is 1. The molecule has 0 heterocycles. The van der Waals surface area contributed by atoms with E-state index in [0.29, 0.717) is 5.69 Å². The second-order valence-corrected chi connectivity index (χ2v) is 5.59. The van der Waals surface area contributed by atoms with Crippen LogP contribution in [-0.4, -0.2) is 23.1 Å². The third kappa shape index (κ3) is 4.90. The van der Waals surface area contributed by atoms with Gasteiger partial charge in [0.25, 0.3) is 0 Å². The summed E-state index contributed by atoms with van der Waals surface area (Å²) in [5, 5.41) is 14.1. The maximum atomic E-state index is 11.8. The Balaban J connectivity index is 2.71. The van der Waals surface area contributed by atoms with E-state index in [-0.39, 0.29) is 5.92 Å². The highest BCUT2D eigenvalue weighted by Gasteiger charge is 2.23. The van der Waals surface area contributed by atoms with Crippen molar-refractivity contribution >= 4 is 33.6 Å². The van der Waals surface area contributed by atoms with Crippen molar-refractivity contribution in [3.05, 3.63) is 28.2 Å². The number of rotatable bonds is 4. The van der Waals surface area contributed by atoms with Crippen LogP contribution >= 0.6 is 15.9 Å². The summed E-state index contributed by atoms with van der Waals surface area (Å²) in [4.78, 5) is 22.7. The first-order valence-corrected chi connectivity index (χ1v) is 6.66. The van der Waals surface area contributed by atoms with E-state index in [2.05, 4.69) is 26.6 Å². The van der Waals surface area contributed by atoms with E-state index in [4.69, 9.17) is 5.11 Å². The smallest absolute Gasteiger partial charge is 0.326 e. The van der Waals surface area contributed by atoms with E-state index in [0.717, 1.165) is 10.0 Å². The lowest BCUT2D eigenvalue weighted by Gasteiger charge is -2.18. The fourth-order valence-electron chi connectivity index (χ4n) is 1.63. The highest BCUT2D eigenvalue weighted by Crippen LogP contribution is 2.19. The number of anilines is 1. The fraction of sp³-hybridized carbons (Fsp3) is 0.385. The van der Waals surface area contributed by atoms with Crippen molar-refractivity contribution in [3.63, 3.8) is 0 Å². The summed E-state index contributed by atoms with van der Waals surface area (Å²) in [6.07, 6.45) is 0. The van der Waals surface area contributed by atoms with Crippen LogP contribution < -0.4 is 10.6 Å². The summed E-state index contributed by atoms with van der Waals surface area (Å²) in [6.45, 7) is 5.38. The Hall–Kier alpha value is -1.56. The van der Waals surface area contributed by atoms with Gasteiger partial charge >= 0.3 is 12.0 Å². The molecule has 2 amide bonds. The summed E-state index contributed by atoms with van der Waals surface area (Å²) in [7, 11) is 0. The maximum absolute atomic E-state index is 11.8. The second-order valence-electron chi connectivity index (χ2n) is 4.68. The number of urea groups is 1. The Morgan fingerprint density at radius 1 is 1.26 bits per heavy atom.